The van der Waals surface area contributed by atoms with Crippen molar-refractivity contribution in [1.82, 2.24) is 20.1 Å². The number of aryl methyl sites for hydroxylation is 1. The van der Waals surface area contributed by atoms with Gasteiger partial charge in [0.1, 0.15) is 5.82 Å². The van der Waals surface area contributed by atoms with E-state index in [1.807, 2.05) is 12.3 Å². The molecule has 1 atom stereocenters. The van der Waals surface area contributed by atoms with Crippen LogP contribution in [0, 0.1) is 6.92 Å². The van der Waals surface area contributed by atoms with Crippen molar-refractivity contribution in [3.8, 4) is 11.1 Å². The van der Waals surface area contributed by atoms with Crippen molar-refractivity contribution in [1.29, 1.82) is 0 Å². The third-order valence-corrected chi connectivity index (χ3v) is 5.27. The summed E-state index contributed by atoms with van der Waals surface area (Å²) in [4.78, 5) is 6.68. The smallest absolute Gasteiger partial charge is 0.127 e. The van der Waals surface area contributed by atoms with Crippen molar-refractivity contribution in [2.24, 2.45) is 0 Å². The van der Waals surface area contributed by atoms with Crippen LogP contribution in [0.1, 0.15) is 35.6 Å². The zero-order chi connectivity index (χ0) is 17.9. The molecule has 1 fully saturated rings. The lowest BCUT2D eigenvalue weighted by molar-refractivity contribution is 0.199. The van der Waals surface area contributed by atoms with Gasteiger partial charge in [0, 0.05) is 42.0 Å². The molecule has 4 rings (SSSR count). The molecule has 3 aromatic rings. The minimum absolute atomic E-state index is 0.459. The normalized spacial score (nSPS) is 18.1. The van der Waals surface area contributed by atoms with E-state index < -0.39 is 0 Å². The van der Waals surface area contributed by atoms with E-state index in [-0.39, 0.29) is 0 Å². The van der Waals surface area contributed by atoms with Crippen molar-refractivity contribution in [2.75, 3.05) is 18.8 Å². The summed E-state index contributed by atoms with van der Waals surface area (Å²) in [6, 6.07) is 12.7. The fourth-order valence-electron chi connectivity index (χ4n) is 3.83. The summed E-state index contributed by atoms with van der Waals surface area (Å²) in [6.07, 6.45) is 6.06. The summed E-state index contributed by atoms with van der Waals surface area (Å²) in [6.45, 7) is 5.07. The largest absolute Gasteiger partial charge is 0.383 e. The van der Waals surface area contributed by atoms with Crippen LogP contribution < -0.4 is 5.73 Å². The Balaban J connectivity index is 1.53. The molecule has 0 amide bonds. The quantitative estimate of drug-likeness (QED) is 0.754. The molecule has 3 heterocycles. The van der Waals surface area contributed by atoms with Gasteiger partial charge in [-0.25, -0.2) is 4.98 Å². The van der Waals surface area contributed by atoms with Crippen molar-refractivity contribution in [3.63, 3.8) is 0 Å². The van der Waals surface area contributed by atoms with Crippen LogP contribution in [-0.2, 0) is 6.54 Å². The molecule has 0 aliphatic carbocycles. The third-order valence-electron chi connectivity index (χ3n) is 5.27. The van der Waals surface area contributed by atoms with Gasteiger partial charge in [-0.3, -0.25) is 10.00 Å². The van der Waals surface area contributed by atoms with E-state index in [4.69, 9.17) is 5.73 Å². The Labute approximate surface area is 154 Å². The molecular weight excluding hydrogens is 322 g/mol. The fourth-order valence-corrected chi connectivity index (χ4v) is 3.83. The lowest BCUT2D eigenvalue weighted by Crippen LogP contribution is -2.34. The lowest BCUT2D eigenvalue weighted by atomic mass is 9.90. The first-order valence-corrected chi connectivity index (χ1v) is 9.23. The van der Waals surface area contributed by atoms with Crippen LogP contribution in [-0.4, -0.2) is 33.2 Å². The maximum atomic E-state index is 6.03. The number of hydrogen-bond donors (Lipinski definition) is 2. The predicted octanol–water partition coefficient (Wildman–Crippen LogP) is 3.74. The standard InChI is InChI=1S/C21H25N5/c1-15-6-8-16(9-7-15)19-12-24-25-20(19)17-5-3-11-26(13-17)14-18-4-2-10-23-21(18)22/h2,4,6-10,12,17H,3,5,11,13-14H2,1H3,(H2,22,23)(H,24,25)/t17-/m1/s1. The summed E-state index contributed by atoms with van der Waals surface area (Å²) in [5.74, 6) is 1.09. The molecule has 0 spiro atoms. The number of H-pyrrole nitrogens is 1. The van der Waals surface area contributed by atoms with E-state index in [9.17, 15) is 0 Å². The molecule has 1 aromatic carbocycles. The Bertz CT molecular complexity index is 868. The predicted molar refractivity (Wildman–Crippen MR) is 105 cm³/mol. The number of hydrogen-bond acceptors (Lipinski definition) is 4. The molecule has 5 heteroatoms. The molecule has 0 saturated carbocycles. The Morgan fingerprint density at radius 3 is 2.88 bits per heavy atom. The SMILES string of the molecule is Cc1ccc(-c2cn[nH]c2[C@@H]2CCCN(Cc3cccnc3N)C2)cc1. The van der Waals surface area contributed by atoms with Crippen LogP contribution in [0.4, 0.5) is 5.82 Å². The molecule has 3 N–H and O–H groups in total. The number of anilines is 1. The number of rotatable bonds is 4. The van der Waals surface area contributed by atoms with Gasteiger partial charge < -0.3 is 5.73 Å². The summed E-state index contributed by atoms with van der Waals surface area (Å²) < 4.78 is 0. The maximum absolute atomic E-state index is 6.03. The molecule has 1 saturated heterocycles. The van der Waals surface area contributed by atoms with Crippen LogP contribution in [0.5, 0.6) is 0 Å². The number of piperidine rings is 1. The lowest BCUT2D eigenvalue weighted by Gasteiger charge is -2.32. The number of benzene rings is 1. The van der Waals surface area contributed by atoms with Crippen LogP contribution in [0.3, 0.4) is 0 Å². The Morgan fingerprint density at radius 2 is 2.08 bits per heavy atom. The van der Waals surface area contributed by atoms with Gasteiger partial charge in [0.25, 0.3) is 0 Å². The number of nitrogens with one attached hydrogen (secondary N) is 1. The highest BCUT2D eigenvalue weighted by molar-refractivity contribution is 5.66. The molecule has 0 radical (unpaired) electrons. The zero-order valence-electron chi connectivity index (χ0n) is 15.2. The second-order valence-electron chi connectivity index (χ2n) is 7.19. The van der Waals surface area contributed by atoms with Crippen molar-refractivity contribution in [3.05, 3.63) is 65.6 Å². The second kappa shape index (κ2) is 7.30. The summed E-state index contributed by atoms with van der Waals surface area (Å²) in [5.41, 5.74) is 12.1. The van der Waals surface area contributed by atoms with Gasteiger partial charge in [0.15, 0.2) is 0 Å². The highest BCUT2D eigenvalue weighted by Gasteiger charge is 2.25. The van der Waals surface area contributed by atoms with Gasteiger partial charge in [0.05, 0.1) is 6.20 Å². The van der Waals surface area contributed by atoms with Gasteiger partial charge in [0.2, 0.25) is 0 Å². The molecule has 0 bridgehead atoms. The maximum Gasteiger partial charge on any atom is 0.127 e. The minimum Gasteiger partial charge on any atom is -0.383 e. The average Bonchev–Trinajstić information content (AvgIpc) is 3.14. The van der Waals surface area contributed by atoms with Crippen molar-refractivity contribution in [2.45, 2.75) is 32.2 Å². The Hall–Kier alpha value is -2.66. The minimum atomic E-state index is 0.459. The molecule has 1 aliphatic rings. The number of nitrogens with two attached hydrogens (primary N) is 1. The fraction of sp³-hybridized carbons (Fsp3) is 0.333. The average molecular weight is 347 g/mol. The molecule has 134 valence electrons. The van der Waals surface area contributed by atoms with E-state index in [1.165, 1.54) is 35.2 Å². The van der Waals surface area contributed by atoms with Gasteiger partial charge in [-0.05, 0) is 37.9 Å². The number of aromatic amines is 1. The molecular formula is C21H25N5. The van der Waals surface area contributed by atoms with E-state index in [1.54, 1.807) is 6.20 Å². The van der Waals surface area contributed by atoms with Gasteiger partial charge >= 0.3 is 0 Å². The highest BCUT2D eigenvalue weighted by atomic mass is 15.2. The molecule has 2 aromatic heterocycles. The number of nitrogen functional groups attached to an aromatic ring is 1. The first-order chi connectivity index (χ1) is 12.7. The van der Waals surface area contributed by atoms with Crippen LogP contribution in [0.15, 0.2) is 48.8 Å². The van der Waals surface area contributed by atoms with Crippen LogP contribution in [0.2, 0.25) is 0 Å². The van der Waals surface area contributed by atoms with Crippen molar-refractivity contribution >= 4 is 5.82 Å². The molecule has 5 nitrogen and oxygen atoms in total. The Kier molecular flexibility index (Phi) is 4.71. The number of aromatic nitrogens is 3. The van der Waals surface area contributed by atoms with Gasteiger partial charge in [-0.15, -0.1) is 0 Å². The molecule has 1 aliphatic heterocycles. The van der Waals surface area contributed by atoms with E-state index in [0.29, 0.717) is 11.7 Å². The Morgan fingerprint density at radius 1 is 1.23 bits per heavy atom. The number of likely N-dealkylation sites (tertiary alicyclic amines) is 1. The topological polar surface area (TPSA) is 70.8 Å². The zero-order valence-corrected chi connectivity index (χ0v) is 15.2. The first-order valence-electron chi connectivity index (χ1n) is 9.23. The first kappa shape index (κ1) is 16.8. The summed E-state index contributed by atoms with van der Waals surface area (Å²) in [7, 11) is 0. The number of pyridine rings is 1. The van der Waals surface area contributed by atoms with Crippen molar-refractivity contribution < 1.29 is 0 Å². The van der Waals surface area contributed by atoms with Crippen LogP contribution >= 0.6 is 0 Å². The number of nitrogens with zero attached hydrogens (tertiary/aromatic N) is 3. The van der Waals surface area contributed by atoms with E-state index in [2.05, 4.69) is 57.3 Å². The summed E-state index contributed by atoms with van der Waals surface area (Å²) >= 11 is 0. The van der Waals surface area contributed by atoms with E-state index >= 15 is 0 Å². The monoisotopic (exact) mass is 347 g/mol. The van der Waals surface area contributed by atoms with Gasteiger partial charge in [-0.1, -0.05) is 35.9 Å². The van der Waals surface area contributed by atoms with Gasteiger partial charge in [-0.2, -0.15) is 5.10 Å². The van der Waals surface area contributed by atoms with E-state index in [0.717, 1.165) is 25.2 Å². The molecule has 0 unspecified atom stereocenters. The highest BCUT2D eigenvalue weighted by Crippen LogP contribution is 2.33. The van der Waals surface area contributed by atoms with Crippen LogP contribution in [0.25, 0.3) is 11.1 Å². The second-order valence-corrected chi connectivity index (χ2v) is 7.19. The summed E-state index contributed by atoms with van der Waals surface area (Å²) in [5, 5.41) is 7.62. The molecule has 26 heavy (non-hydrogen) atoms. The third kappa shape index (κ3) is 3.48.